The number of amides is 2. The van der Waals surface area contributed by atoms with Gasteiger partial charge in [0.05, 0.1) is 0 Å². The third-order valence-corrected chi connectivity index (χ3v) is 3.12. The number of anilines is 2. The number of rotatable bonds is 4. The van der Waals surface area contributed by atoms with Crippen molar-refractivity contribution in [2.24, 2.45) is 0 Å². The number of halogens is 1. The molecule has 4 nitrogen and oxygen atoms in total. The van der Waals surface area contributed by atoms with Crippen LogP contribution in [0.4, 0.5) is 11.4 Å². The van der Waals surface area contributed by atoms with Crippen LogP contribution >= 0.6 is 11.6 Å². The highest BCUT2D eigenvalue weighted by atomic mass is 35.5. The first-order valence-corrected chi connectivity index (χ1v) is 6.83. The molecule has 0 spiro atoms. The van der Waals surface area contributed by atoms with Crippen molar-refractivity contribution in [2.45, 2.75) is 13.3 Å². The van der Waals surface area contributed by atoms with Gasteiger partial charge in [0.2, 0.25) is 11.8 Å². The molecule has 108 valence electrons. The number of nitrogens with one attached hydrogen (secondary N) is 2. The Morgan fingerprint density at radius 1 is 0.952 bits per heavy atom. The Balaban J connectivity index is 1.89. The molecule has 2 aromatic rings. The zero-order valence-electron chi connectivity index (χ0n) is 11.5. The van der Waals surface area contributed by atoms with E-state index in [0.717, 1.165) is 5.56 Å². The van der Waals surface area contributed by atoms with Crippen LogP contribution in [0.25, 0.3) is 0 Å². The van der Waals surface area contributed by atoms with Gasteiger partial charge in [0.1, 0.15) is 6.42 Å². The summed E-state index contributed by atoms with van der Waals surface area (Å²) in [6, 6.07) is 14.1. The zero-order valence-corrected chi connectivity index (χ0v) is 12.3. The SMILES string of the molecule is Cc1ccccc1NC(=O)CC(=O)Nc1ccc(Cl)cc1. The van der Waals surface area contributed by atoms with E-state index in [1.807, 2.05) is 25.1 Å². The molecular formula is C16H15ClN2O2. The monoisotopic (exact) mass is 302 g/mol. The average Bonchev–Trinajstić information content (AvgIpc) is 2.44. The van der Waals surface area contributed by atoms with E-state index in [1.54, 1.807) is 30.3 Å². The van der Waals surface area contributed by atoms with Crippen LogP contribution in [0, 0.1) is 6.92 Å². The first kappa shape index (κ1) is 15.1. The Labute approximate surface area is 128 Å². The van der Waals surface area contributed by atoms with Gasteiger partial charge in [-0.25, -0.2) is 0 Å². The van der Waals surface area contributed by atoms with Gasteiger partial charge in [-0.3, -0.25) is 9.59 Å². The van der Waals surface area contributed by atoms with Crippen molar-refractivity contribution in [1.82, 2.24) is 0 Å². The standard InChI is InChI=1S/C16H15ClN2O2/c1-11-4-2-3-5-14(11)19-16(21)10-15(20)18-13-8-6-12(17)7-9-13/h2-9H,10H2,1H3,(H,18,20)(H,19,21). The topological polar surface area (TPSA) is 58.2 Å². The van der Waals surface area contributed by atoms with Gasteiger partial charge in [-0.1, -0.05) is 29.8 Å². The molecule has 0 bridgehead atoms. The summed E-state index contributed by atoms with van der Waals surface area (Å²) in [6.45, 7) is 1.89. The highest BCUT2D eigenvalue weighted by Crippen LogP contribution is 2.15. The second-order valence-corrected chi connectivity index (χ2v) is 5.03. The number of aryl methyl sites for hydroxylation is 1. The molecule has 0 saturated heterocycles. The summed E-state index contributed by atoms with van der Waals surface area (Å²) in [4.78, 5) is 23.6. The van der Waals surface area contributed by atoms with Crippen LogP contribution in [0.2, 0.25) is 5.02 Å². The third kappa shape index (κ3) is 4.61. The number of para-hydroxylation sites is 1. The Morgan fingerprint density at radius 3 is 2.24 bits per heavy atom. The fraction of sp³-hybridized carbons (Fsp3) is 0.125. The maximum absolute atomic E-state index is 11.8. The molecular weight excluding hydrogens is 288 g/mol. The van der Waals surface area contributed by atoms with Crippen molar-refractivity contribution < 1.29 is 9.59 Å². The summed E-state index contributed by atoms with van der Waals surface area (Å²) < 4.78 is 0. The summed E-state index contributed by atoms with van der Waals surface area (Å²) in [5, 5.41) is 5.95. The largest absolute Gasteiger partial charge is 0.326 e. The van der Waals surface area contributed by atoms with Crippen molar-refractivity contribution >= 4 is 34.8 Å². The molecule has 0 aliphatic heterocycles. The van der Waals surface area contributed by atoms with Gasteiger partial charge in [0.25, 0.3) is 0 Å². The van der Waals surface area contributed by atoms with Crippen LogP contribution in [-0.4, -0.2) is 11.8 Å². The van der Waals surface area contributed by atoms with Crippen LogP contribution in [0.15, 0.2) is 48.5 Å². The molecule has 2 amide bonds. The lowest BCUT2D eigenvalue weighted by molar-refractivity contribution is -0.123. The van der Waals surface area contributed by atoms with Crippen molar-refractivity contribution in [3.8, 4) is 0 Å². The van der Waals surface area contributed by atoms with E-state index in [2.05, 4.69) is 10.6 Å². The maximum atomic E-state index is 11.8. The van der Waals surface area contributed by atoms with Crippen molar-refractivity contribution in [1.29, 1.82) is 0 Å². The summed E-state index contributed by atoms with van der Waals surface area (Å²) >= 11 is 5.76. The normalized spacial score (nSPS) is 10.0. The molecule has 0 radical (unpaired) electrons. The number of carbonyl (C=O) groups excluding carboxylic acids is 2. The van der Waals surface area contributed by atoms with Gasteiger partial charge in [-0.05, 0) is 42.8 Å². The van der Waals surface area contributed by atoms with Gasteiger partial charge in [0.15, 0.2) is 0 Å². The summed E-state index contributed by atoms with van der Waals surface area (Å²) in [6.07, 6.45) is -0.239. The zero-order chi connectivity index (χ0) is 15.2. The van der Waals surface area contributed by atoms with Crippen molar-refractivity contribution in [3.63, 3.8) is 0 Å². The highest BCUT2D eigenvalue weighted by molar-refractivity contribution is 6.30. The number of hydrogen-bond donors (Lipinski definition) is 2. The lowest BCUT2D eigenvalue weighted by atomic mass is 10.2. The predicted molar refractivity (Wildman–Crippen MR) is 84.5 cm³/mol. The number of benzene rings is 2. The third-order valence-electron chi connectivity index (χ3n) is 2.87. The average molecular weight is 303 g/mol. The van der Waals surface area contributed by atoms with E-state index in [1.165, 1.54) is 0 Å². The van der Waals surface area contributed by atoms with Gasteiger partial charge in [0, 0.05) is 16.4 Å². The molecule has 0 saturated carbocycles. The van der Waals surface area contributed by atoms with Crippen LogP contribution in [0.5, 0.6) is 0 Å². The lowest BCUT2D eigenvalue weighted by Crippen LogP contribution is -2.21. The van der Waals surface area contributed by atoms with E-state index in [0.29, 0.717) is 16.4 Å². The lowest BCUT2D eigenvalue weighted by Gasteiger charge is -2.08. The smallest absolute Gasteiger partial charge is 0.233 e. The fourth-order valence-corrected chi connectivity index (χ4v) is 1.92. The molecule has 2 rings (SSSR count). The molecule has 0 aliphatic rings. The minimum Gasteiger partial charge on any atom is -0.326 e. The minimum atomic E-state index is -0.372. The molecule has 2 N–H and O–H groups in total. The van der Waals surface area contributed by atoms with E-state index >= 15 is 0 Å². The van der Waals surface area contributed by atoms with Gasteiger partial charge < -0.3 is 10.6 Å². The molecule has 5 heteroatoms. The Kier molecular flexibility index (Phi) is 4.95. The second kappa shape index (κ2) is 6.90. The minimum absolute atomic E-state index is 0.239. The quantitative estimate of drug-likeness (QED) is 0.848. The first-order valence-electron chi connectivity index (χ1n) is 6.45. The van der Waals surface area contributed by atoms with Crippen molar-refractivity contribution in [3.05, 3.63) is 59.1 Å². The molecule has 0 unspecified atom stereocenters. The maximum Gasteiger partial charge on any atom is 0.233 e. The molecule has 21 heavy (non-hydrogen) atoms. The highest BCUT2D eigenvalue weighted by Gasteiger charge is 2.10. The molecule has 0 atom stereocenters. The summed E-state index contributed by atoms with van der Waals surface area (Å²) in [7, 11) is 0. The van der Waals surface area contributed by atoms with E-state index in [9.17, 15) is 9.59 Å². The van der Waals surface area contributed by atoms with Gasteiger partial charge >= 0.3 is 0 Å². The number of carbonyl (C=O) groups is 2. The fourth-order valence-electron chi connectivity index (χ4n) is 1.79. The first-order chi connectivity index (χ1) is 10.0. The molecule has 0 heterocycles. The second-order valence-electron chi connectivity index (χ2n) is 4.59. The predicted octanol–water partition coefficient (Wildman–Crippen LogP) is 3.62. The summed E-state index contributed by atoms with van der Waals surface area (Å²) in [5.41, 5.74) is 2.26. The Morgan fingerprint density at radius 2 is 1.57 bits per heavy atom. The molecule has 0 fully saturated rings. The van der Waals surface area contributed by atoms with Crippen LogP contribution < -0.4 is 10.6 Å². The Bertz CT molecular complexity index is 654. The van der Waals surface area contributed by atoms with Crippen LogP contribution in [-0.2, 0) is 9.59 Å². The van der Waals surface area contributed by atoms with Crippen LogP contribution in [0.1, 0.15) is 12.0 Å². The summed E-state index contributed by atoms with van der Waals surface area (Å²) in [5.74, 6) is -0.723. The molecule has 0 aromatic heterocycles. The van der Waals surface area contributed by atoms with Crippen LogP contribution in [0.3, 0.4) is 0 Å². The molecule has 0 aliphatic carbocycles. The van der Waals surface area contributed by atoms with Crippen molar-refractivity contribution in [2.75, 3.05) is 10.6 Å². The Hall–Kier alpha value is -2.33. The molecule has 2 aromatic carbocycles. The van der Waals surface area contributed by atoms with E-state index in [4.69, 9.17) is 11.6 Å². The number of hydrogen-bond acceptors (Lipinski definition) is 2. The van der Waals surface area contributed by atoms with E-state index in [-0.39, 0.29) is 18.2 Å². The van der Waals surface area contributed by atoms with Gasteiger partial charge in [-0.2, -0.15) is 0 Å². The van der Waals surface area contributed by atoms with Gasteiger partial charge in [-0.15, -0.1) is 0 Å². The van der Waals surface area contributed by atoms with E-state index < -0.39 is 0 Å².